The molecule has 0 unspecified atom stereocenters. The van der Waals surface area contributed by atoms with Gasteiger partial charge in [0.2, 0.25) is 5.95 Å². The minimum absolute atomic E-state index is 0.103. The molecule has 11 heteroatoms. The van der Waals surface area contributed by atoms with Crippen LogP contribution in [0.4, 0.5) is 11.6 Å². The highest BCUT2D eigenvalue weighted by molar-refractivity contribution is 7.91. The highest BCUT2D eigenvalue weighted by Crippen LogP contribution is 2.28. The first-order valence-corrected chi connectivity index (χ1v) is 14.4. The van der Waals surface area contributed by atoms with Crippen LogP contribution in [0.5, 0.6) is 0 Å². The standard InChI is InChI=1S/C27H30N8O2S/c1-18(19-6-4-7-22(14-19)32-21-9-12-34(2)13-10-21)31-27-30-16-20(15-28)25(33-27)23-17-29-26-24(38(3,36)37)8-5-11-35(23)26/h4-8,11,14,16-18,21,32H,9-10,12-13H2,1-3H3,(H,30,31,33)/t18-/m0/s1. The lowest BCUT2D eigenvalue weighted by Gasteiger charge is -2.30. The average Bonchev–Trinajstić information content (AvgIpc) is 3.33. The van der Waals surface area contributed by atoms with Gasteiger partial charge in [-0.15, -0.1) is 0 Å². The molecule has 0 aliphatic carbocycles. The molecule has 1 saturated heterocycles. The lowest BCUT2D eigenvalue weighted by molar-refractivity contribution is 0.264. The molecule has 1 aliphatic heterocycles. The Hall–Kier alpha value is -4.01. The Labute approximate surface area is 222 Å². The summed E-state index contributed by atoms with van der Waals surface area (Å²) in [6.45, 7) is 4.22. The van der Waals surface area contributed by atoms with Gasteiger partial charge in [-0.2, -0.15) is 5.26 Å². The highest BCUT2D eigenvalue weighted by Gasteiger charge is 2.20. The fraction of sp³-hybridized carbons (Fsp3) is 0.333. The zero-order chi connectivity index (χ0) is 26.9. The van der Waals surface area contributed by atoms with Crippen LogP contribution in [0.25, 0.3) is 17.0 Å². The van der Waals surface area contributed by atoms with Crippen LogP contribution in [0, 0.1) is 11.3 Å². The van der Waals surface area contributed by atoms with Gasteiger partial charge < -0.3 is 15.5 Å². The number of hydrogen-bond acceptors (Lipinski definition) is 9. The van der Waals surface area contributed by atoms with Gasteiger partial charge in [0.15, 0.2) is 15.5 Å². The minimum atomic E-state index is -3.49. The van der Waals surface area contributed by atoms with Gasteiger partial charge in [-0.25, -0.2) is 23.4 Å². The molecule has 1 atom stereocenters. The molecule has 1 aromatic carbocycles. The van der Waals surface area contributed by atoms with Gasteiger partial charge in [-0.05, 0) is 69.7 Å². The van der Waals surface area contributed by atoms with Crippen LogP contribution in [0.2, 0.25) is 0 Å². The van der Waals surface area contributed by atoms with Crippen molar-refractivity contribution >= 4 is 27.1 Å². The third-order valence-electron chi connectivity index (χ3n) is 6.87. The van der Waals surface area contributed by atoms with Crippen molar-refractivity contribution in [2.24, 2.45) is 0 Å². The van der Waals surface area contributed by atoms with Gasteiger partial charge in [0.05, 0.1) is 29.7 Å². The average molecular weight is 531 g/mol. The highest BCUT2D eigenvalue weighted by atomic mass is 32.2. The van der Waals surface area contributed by atoms with Crippen LogP contribution < -0.4 is 10.6 Å². The Balaban J connectivity index is 1.40. The second kappa shape index (κ2) is 10.4. The predicted molar refractivity (Wildman–Crippen MR) is 147 cm³/mol. The topological polar surface area (TPSA) is 128 Å². The number of pyridine rings is 1. The zero-order valence-corrected chi connectivity index (χ0v) is 22.4. The first-order chi connectivity index (χ1) is 18.2. The Morgan fingerprint density at radius 3 is 2.66 bits per heavy atom. The van der Waals surface area contributed by atoms with Crippen LogP contribution in [0.1, 0.15) is 36.9 Å². The van der Waals surface area contributed by atoms with E-state index < -0.39 is 9.84 Å². The van der Waals surface area contributed by atoms with Crippen molar-refractivity contribution in [1.29, 1.82) is 5.26 Å². The number of imidazole rings is 1. The smallest absolute Gasteiger partial charge is 0.223 e. The molecule has 3 aromatic heterocycles. The van der Waals surface area contributed by atoms with Gasteiger partial charge in [0.25, 0.3) is 0 Å². The number of sulfone groups is 1. The van der Waals surface area contributed by atoms with E-state index in [1.165, 1.54) is 18.5 Å². The molecule has 5 rings (SSSR count). The summed E-state index contributed by atoms with van der Waals surface area (Å²) in [4.78, 5) is 15.8. The third-order valence-corrected chi connectivity index (χ3v) is 7.99. The predicted octanol–water partition coefficient (Wildman–Crippen LogP) is 3.75. The Morgan fingerprint density at radius 2 is 1.92 bits per heavy atom. The molecular weight excluding hydrogens is 500 g/mol. The van der Waals surface area contributed by atoms with Crippen molar-refractivity contribution in [1.82, 2.24) is 24.3 Å². The number of fused-ring (bicyclic) bond motifs is 1. The number of nitriles is 1. The van der Waals surface area contributed by atoms with Gasteiger partial charge >= 0.3 is 0 Å². The molecule has 4 aromatic rings. The molecule has 0 spiro atoms. The number of hydrogen-bond donors (Lipinski definition) is 2. The number of nitrogens with zero attached hydrogens (tertiary/aromatic N) is 6. The number of anilines is 2. The van der Waals surface area contributed by atoms with Gasteiger partial charge in [-0.1, -0.05) is 12.1 Å². The molecule has 0 saturated carbocycles. The van der Waals surface area contributed by atoms with Gasteiger partial charge in [-0.3, -0.25) is 4.40 Å². The summed E-state index contributed by atoms with van der Waals surface area (Å²) in [6, 6.07) is 13.9. The van der Waals surface area contributed by atoms with E-state index in [0.29, 0.717) is 23.4 Å². The fourth-order valence-corrected chi connectivity index (χ4v) is 5.55. The number of likely N-dealkylation sites (tertiary alicyclic amines) is 1. The molecule has 1 aliphatic rings. The summed E-state index contributed by atoms with van der Waals surface area (Å²) < 4.78 is 26.1. The van der Waals surface area contributed by atoms with E-state index >= 15 is 0 Å². The van der Waals surface area contributed by atoms with Gasteiger partial charge in [0.1, 0.15) is 16.7 Å². The summed E-state index contributed by atoms with van der Waals surface area (Å²) in [5, 5.41) is 16.7. The second-order valence-corrected chi connectivity index (χ2v) is 11.7. The van der Waals surface area contributed by atoms with Crippen molar-refractivity contribution in [3.63, 3.8) is 0 Å². The molecule has 196 valence electrons. The van der Waals surface area contributed by atoms with E-state index in [1.807, 2.05) is 13.0 Å². The van der Waals surface area contributed by atoms with Crippen molar-refractivity contribution in [3.05, 3.63) is 66.1 Å². The van der Waals surface area contributed by atoms with E-state index in [2.05, 4.69) is 61.8 Å². The molecule has 0 radical (unpaired) electrons. The zero-order valence-electron chi connectivity index (χ0n) is 21.6. The van der Waals surface area contributed by atoms with E-state index in [-0.39, 0.29) is 22.1 Å². The van der Waals surface area contributed by atoms with Crippen molar-refractivity contribution in [2.75, 3.05) is 37.0 Å². The number of benzene rings is 1. The minimum Gasteiger partial charge on any atom is -0.382 e. The molecule has 1 fully saturated rings. The third kappa shape index (κ3) is 5.32. The van der Waals surface area contributed by atoms with Crippen LogP contribution in [0.3, 0.4) is 0 Å². The summed E-state index contributed by atoms with van der Waals surface area (Å²) in [6.07, 6.45) is 8.07. The number of piperidine rings is 1. The normalized spacial score (nSPS) is 15.7. The number of aromatic nitrogens is 4. The monoisotopic (exact) mass is 530 g/mol. The molecule has 0 bridgehead atoms. The summed E-state index contributed by atoms with van der Waals surface area (Å²) >= 11 is 0. The maximum absolute atomic E-state index is 12.2. The largest absolute Gasteiger partial charge is 0.382 e. The molecule has 0 amide bonds. The summed E-state index contributed by atoms with van der Waals surface area (Å²) in [5.74, 6) is 0.356. The van der Waals surface area contributed by atoms with Crippen molar-refractivity contribution < 1.29 is 8.42 Å². The molecule has 4 heterocycles. The lowest BCUT2D eigenvalue weighted by atomic mass is 10.0. The second-order valence-electron chi connectivity index (χ2n) is 9.76. The lowest BCUT2D eigenvalue weighted by Crippen LogP contribution is -2.36. The quantitative estimate of drug-likeness (QED) is 0.367. The number of rotatable bonds is 7. The number of nitrogens with one attached hydrogen (secondary N) is 2. The van der Waals surface area contributed by atoms with E-state index in [1.54, 1.807) is 16.7 Å². The maximum Gasteiger partial charge on any atom is 0.223 e. The van der Waals surface area contributed by atoms with E-state index in [4.69, 9.17) is 0 Å². The van der Waals surface area contributed by atoms with E-state index in [9.17, 15) is 13.7 Å². The van der Waals surface area contributed by atoms with E-state index in [0.717, 1.165) is 43.4 Å². The molecule has 38 heavy (non-hydrogen) atoms. The Morgan fingerprint density at radius 1 is 1.13 bits per heavy atom. The van der Waals surface area contributed by atoms with Crippen LogP contribution in [-0.2, 0) is 9.84 Å². The molecule has 2 N–H and O–H groups in total. The maximum atomic E-state index is 12.2. The van der Waals surface area contributed by atoms with Crippen molar-refractivity contribution in [3.8, 4) is 17.5 Å². The molecular formula is C27H30N8O2S. The first kappa shape index (κ1) is 25.6. The van der Waals surface area contributed by atoms with Crippen LogP contribution in [-0.4, -0.2) is 65.1 Å². The van der Waals surface area contributed by atoms with Crippen LogP contribution in [0.15, 0.2) is 59.9 Å². The fourth-order valence-electron chi connectivity index (χ4n) is 4.74. The Bertz CT molecular complexity index is 1620. The summed E-state index contributed by atoms with van der Waals surface area (Å²) in [5.41, 5.74) is 3.57. The van der Waals surface area contributed by atoms with Crippen molar-refractivity contribution in [2.45, 2.75) is 36.7 Å². The summed E-state index contributed by atoms with van der Waals surface area (Å²) in [7, 11) is -1.33. The Kier molecular flexibility index (Phi) is 7.01. The molecule has 10 nitrogen and oxygen atoms in total. The first-order valence-electron chi connectivity index (χ1n) is 12.5. The van der Waals surface area contributed by atoms with Gasteiger partial charge in [0, 0.05) is 24.2 Å². The SMILES string of the molecule is C[C@H](Nc1ncc(C#N)c(-c2cnc3c(S(C)(=O)=O)cccn23)n1)c1cccc(NC2CCN(C)CC2)c1. The van der Waals surface area contributed by atoms with Crippen LogP contribution >= 0.6 is 0 Å².